The molecule has 3 N–H and O–H groups in total. The van der Waals surface area contributed by atoms with E-state index in [0.717, 1.165) is 10.0 Å². The maximum atomic E-state index is 12.6. The Morgan fingerprint density at radius 3 is 3.05 bits per heavy atom. The largest absolute Gasteiger partial charge is 0.476 e. The van der Waals surface area contributed by atoms with Crippen molar-refractivity contribution in [1.82, 2.24) is 0 Å². The van der Waals surface area contributed by atoms with Crippen LogP contribution in [0, 0.1) is 11.3 Å². The molecule has 0 saturated carbocycles. The molecule has 0 fully saturated rings. The number of benzene rings is 1. The number of anilines is 1. The van der Waals surface area contributed by atoms with Crippen molar-refractivity contribution in [3.63, 3.8) is 0 Å². The second-order valence-corrected chi connectivity index (χ2v) is 5.86. The lowest BCUT2D eigenvalue weighted by Gasteiger charge is -2.35. The van der Waals surface area contributed by atoms with Crippen LogP contribution >= 0.6 is 15.9 Å². The molecular formula is C14H12BrN3O2. The van der Waals surface area contributed by atoms with Crippen LogP contribution in [0.4, 0.5) is 5.69 Å². The minimum Gasteiger partial charge on any atom is -0.476 e. The van der Waals surface area contributed by atoms with Crippen LogP contribution in [-0.2, 0) is 14.9 Å². The molecule has 1 aromatic carbocycles. The van der Waals surface area contributed by atoms with Crippen molar-refractivity contribution in [3.8, 4) is 6.07 Å². The number of ether oxygens (including phenoxy) is 1. The average Bonchev–Trinajstić information content (AvgIpc) is 2.63. The van der Waals surface area contributed by atoms with Crippen molar-refractivity contribution < 1.29 is 9.53 Å². The monoisotopic (exact) mass is 333 g/mol. The molecule has 2 aliphatic rings. The van der Waals surface area contributed by atoms with Gasteiger partial charge in [0.2, 0.25) is 5.91 Å². The van der Waals surface area contributed by atoms with Gasteiger partial charge >= 0.3 is 0 Å². The summed E-state index contributed by atoms with van der Waals surface area (Å²) in [7, 11) is 0. The minimum atomic E-state index is -1.06. The average molecular weight is 334 g/mol. The zero-order valence-corrected chi connectivity index (χ0v) is 12.3. The van der Waals surface area contributed by atoms with Gasteiger partial charge in [0.1, 0.15) is 17.1 Å². The molecule has 1 amide bonds. The standard InChI is InChI=1S/C14H12BrN3O2/c1-7-5-14(8(6-16)12(17)20-7)11-9(15)3-2-4-10(11)18-13(14)19/h2-4,7H,5,17H2,1H3,(H,18,19)/t7?,14-/m0/s1. The Morgan fingerprint density at radius 1 is 1.60 bits per heavy atom. The van der Waals surface area contributed by atoms with E-state index < -0.39 is 5.41 Å². The second-order valence-electron chi connectivity index (χ2n) is 5.01. The third kappa shape index (κ3) is 1.50. The highest BCUT2D eigenvalue weighted by atomic mass is 79.9. The lowest BCUT2D eigenvalue weighted by molar-refractivity contribution is -0.121. The Labute approximate surface area is 124 Å². The molecule has 0 aliphatic carbocycles. The van der Waals surface area contributed by atoms with E-state index in [2.05, 4.69) is 27.3 Å². The molecule has 2 atom stereocenters. The summed E-state index contributed by atoms with van der Waals surface area (Å²) in [5, 5.41) is 12.3. The third-order valence-corrected chi connectivity index (χ3v) is 4.44. The van der Waals surface area contributed by atoms with Gasteiger partial charge in [-0.25, -0.2) is 0 Å². The fraction of sp³-hybridized carbons (Fsp3) is 0.286. The Hall–Kier alpha value is -2.00. The Morgan fingerprint density at radius 2 is 2.35 bits per heavy atom. The molecule has 3 rings (SSSR count). The van der Waals surface area contributed by atoms with Gasteiger partial charge in [0.15, 0.2) is 5.88 Å². The van der Waals surface area contributed by atoms with Crippen molar-refractivity contribution in [3.05, 3.63) is 39.7 Å². The van der Waals surface area contributed by atoms with E-state index in [1.54, 1.807) is 0 Å². The molecule has 0 aromatic heterocycles. The SMILES string of the molecule is CC1C[C@]2(C(=O)Nc3cccc(Br)c32)C(C#N)=C(N)O1. The number of rotatable bonds is 0. The van der Waals surface area contributed by atoms with Crippen LogP contribution in [0.5, 0.6) is 0 Å². The number of hydrogen-bond donors (Lipinski definition) is 2. The van der Waals surface area contributed by atoms with Gasteiger partial charge in [-0.15, -0.1) is 0 Å². The lowest BCUT2D eigenvalue weighted by Crippen LogP contribution is -2.44. The first kappa shape index (κ1) is 13.0. The van der Waals surface area contributed by atoms with E-state index in [4.69, 9.17) is 10.5 Å². The summed E-state index contributed by atoms with van der Waals surface area (Å²) in [6, 6.07) is 7.56. The maximum Gasteiger partial charge on any atom is 0.240 e. The quantitative estimate of drug-likeness (QED) is 0.761. The van der Waals surface area contributed by atoms with E-state index >= 15 is 0 Å². The van der Waals surface area contributed by atoms with Gasteiger partial charge in [0, 0.05) is 22.1 Å². The highest BCUT2D eigenvalue weighted by molar-refractivity contribution is 9.10. The fourth-order valence-corrected chi connectivity index (χ4v) is 3.75. The number of fused-ring (bicyclic) bond motifs is 2. The highest BCUT2D eigenvalue weighted by Crippen LogP contribution is 2.51. The topological polar surface area (TPSA) is 88.1 Å². The van der Waals surface area contributed by atoms with Gasteiger partial charge in [-0.05, 0) is 19.1 Å². The molecule has 1 unspecified atom stereocenters. The van der Waals surface area contributed by atoms with E-state index in [1.165, 1.54) is 0 Å². The first-order valence-electron chi connectivity index (χ1n) is 6.18. The van der Waals surface area contributed by atoms with Gasteiger partial charge in [0.05, 0.1) is 6.10 Å². The summed E-state index contributed by atoms with van der Waals surface area (Å²) < 4.78 is 6.20. The maximum absolute atomic E-state index is 12.6. The van der Waals surface area contributed by atoms with E-state index in [9.17, 15) is 10.1 Å². The third-order valence-electron chi connectivity index (χ3n) is 3.78. The van der Waals surface area contributed by atoms with Crippen LogP contribution in [-0.4, -0.2) is 12.0 Å². The summed E-state index contributed by atoms with van der Waals surface area (Å²) in [4.78, 5) is 12.6. The minimum absolute atomic E-state index is 0.0324. The summed E-state index contributed by atoms with van der Waals surface area (Å²) in [6.45, 7) is 1.84. The molecule has 102 valence electrons. The Balaban J connectivity index is 2.35. The number of halogens is 1. The van der Waals surface area contributed by atoms with E-state index in [0.29, 0.717) is 12.1 Å². The molecule has 2 aliphatic heterocycles. The van der Waals surface area contributed by atoms with E-state index in [-0.39, 0.29) is 23.5 Å². The van der Waals surface area contributed by atoms with Gasteiger partial charge in [0.25, 0.3) is 0 Å². The summed E-state index contributed by atoms with van der Waals surface area (Å²) in [6.07, 6.45) is 0.147. The number of hydrogen-bond acceptors (Lipinski definition) is 4. The summed E-state index contributed by atoms with van der Waals surface area (Å²) >= 11 is 3.48. The summed E-state index contributed by atoms with van der Waals surface area (Å²) in [5.41, 5.74) is 6.43. The zero-order valence-electron chi connectivity index (χ0n) is 10.7. The molecular weight excluding hydrogens is 322 g/mol. The zero-order chi connectivity index (χ0) is 14.5. The number of carbonyl (C=O) groups is 1. The van der Waals surface area contributed by atoms with Crippen LogP contribution in [0.15, 0.2) is 34.1 Å². The Kier molecular flexibility index (Phi) is 2.76. The van der Waals surface area contributed by atoms with Gasteiger partial charge in [-0.1, -0.05) is 22.0 Å². The molecule has 0 bridgehead atoms. The van der Waals surface area contributed by atoms with Crippen LogP contribution in [0.1, 0.15) is 18.9 Å². The van der Waals surface area contributed by atoms with Gasteiger partial charge < -0.3 is 15.8 Å². The van der Waals surface area contributed by atoms with Crippen molar-refractivity contribution in [2.45, 2.75) is 24.9 Å². The van der Waals surface area contributed by atoms with Crippen LogP contribution in [0.3, 0.4) is 0 Å². The number of carbonyl (C=O) groups excluding carboxylic acids is 1. The smallest absolute Gasteiger partial charge is 0.240 e. The first-order valence-corrected chi connectivity index (χ1v) is 6.97. The highest BCUT2D eigenvalue weighted by Gasteiger charge is 2.55. The number of nitriles is 1. The lowest BCUT2D eigenvalue weighted by atomic mass is 9.70. The molecule has 1 spiro atoms. The molecule has 1 aromatic rings. The predicted octanol–water partition coefficient (Wildman–Crippen LogP) is 2.14. The predicted molar refractivity (Wildman–Crippen MR) is 76.4 cm³/mol. The molecule has 5 nitrogen and oxygen atoms in total. The normalized spacial score (nSPS) is 27.9. The number of nitrogens with one attached hydrogen (secondary N) is 1. The van der Waals surface area contributed by atoms with Crippen LogP contribution in [0.2, 0.25) is 0 Å². The van der Waals surface area contributed by atoms with Gasteiger partial charge in [-0.3, -0.25) is 4.79 Å². The summed E-state index contributed by atoms with van der Waals surface area (Å²) in [5.74, 6) is -0.195. The van der Waals surface area contributed by atoms with Crippen molar-refractivity contribution in [1.29, 1.82) is 5.26 Å². The number of nitrogens with zero attached hydrogens (tertiary/aromatic N) is 1. The molecule has 2 heterocycles. The fourth-order valence-electron chi connectivity index (χ4n) is 3.05. The Bertz CT molecular complexity index is 692. The first-order chi connectivity index (χ1) is 9.50. The van der Waals surface area contributed by atoms with Gasteiger partial charge in [-0.2, -0.15) is 5.26 Å². The molecule has 0 saturated heterocycles. The number of amides is 1. The van der Waals surface area contributed by atoms with Crippen molar-refractivity contribution >= 4 is 27.5 Å². The van der Waals surface area contributed by atoms with Crippen molar-refractivity contribution in [2.75, 3.05) is 5.32 Å². The number of nitrogens with two attached hydrogens (primary N) is 1. The van der Waals surface area contributed by atoms with Crippen molar-refractivity contribution in [2.24, 2.45) is 5.73 Å². The van der Waals surface area contributed by atoms with E-state index in [1.807, 2.05) is 25.1 Å². The molecule has 20 heavy (non-hydrogen) atoms. The van der Waals surface area contributed by atoms with Crippen LogP contribution in [0.25, 0.3) is 0 Å². The molecule has 6 heteroatoms. The van der Waals surface area contributed by atoms with Crippen LogP contribution < -0.4 is 11.1 Å². The second kappa shape index (κ2) is 4.25. The molecule has 0 radical (unpaired) electrons.